The maximum absolute atomic E-state index is 3.63. The van der Waals surface area contributed by atoms with Gasteiger partial charge in [-0.25, -0.2) is 0 Å². The Kier molecular flexibility index (Phi) is 4.84. The monoisotopic (exact) mass is 354 g/mol. The molecule has 0 saturated carbocycles. The van der Waals surface area contributed by atoms with E-state index in [9.17, 15) is 0 Å². The van der Waals surface area contributed by atoms with Crippen LogP contribution in [0.2, 0.25) is 0 Å². The molecule has 0 nitrogen and oxygen atoms in total. The third kappa shape index (κ3) is 2.86. The van der Waals surface area contributed by atoms with Crippen molar-refractivity contribution in [3.05, 3.63) is 35.9 Å². The van der Waals surface area contributed by atoms with Gasteiger partial charge in [-0.05, 0) is 5.56 Å². The minimum Gasteiger partial charge on any atom is -0.0915 e. The Morgan fingerprint density at radius 3 is 2.17 bits per heavy atom. The second-order valence-electron chi connectivity index (χ2n) is 2.48. The zero-order valence-electron chi connectivity index (χ0n) is 6.38. The lowest BCUT2D eigenvalue weighted by atomic mass is 10.1. The number of hydrogen-bond donors (Lipinski definition) is 0. The summed E-state index contributed by atoms with van der Waals surface area (Å²) in [6, 6.07) is 10.4. The molecular weight excluding hydrogens is 348 g/mol. The summed E-state index contributed by atoms with van der Waals surface area (Å²) < 4.78 is 0. The van der Waals surface area contributed by atoms with E-state index in [4.69, 9.17) is 0 Å². The van der Waals surface area contributed by atoms with E-state index < -0.39 is 0 Å². The molecule has 0 aliphatic rings. The molecule has 0 saturated heterocycles. The van der Waals surface area contributed by atoms with Crippen molar-refractivity contribution in [3.8, 4) is 0 Å². The van der Waals surface area contributed by atoms with Crippen LogP contribution in [0, 0.1) is 0 Å². The molecule has 0 unspecified atom stereocenters. The predicted molar refractivity (Wildman–Crippen MR) is 64.6 cm³/mol. The highest BCUT2D eigenvalue weighted by atomic mass is 79.9. The molecule has 1 aromatic carbocycles. The molecule has 0 bridgehead atoms. The average molecular weight is 357 g/mol. The molecule has 12 heavy (non-hydrogen) atoms. The molecule has 0 aliphatic carbocycles. The fourth-order valence-corrected chi connectivity index (χ4v) is 2.60. The maximum Gasteiger partial charge on any atom is 0.0528 e. The predicted octanol–water partition coefficient (Wildman–Crippen LogP) is 4.28. The minimum atomic E-state index is 0.373. The van der Waals surface area contributed by atoms with Gasteiger partial charge in [0.2, 0.25) is 0 Å². The Morgan fingerprint density at radius 2 is 1.67 bits per heavy atom. The summed E-state index contributed by atoms with van der Waals surface area (Å²) in [6.07, 6.45) is 0. The van der Waals surface area contributed by atoms with Crippen LogP contribution < -0.4 is 0 Å². The Hall–Kier alpha value is 0.660. The Bertz CT molecular complexity index is 222. The molecule has 1 rings (SSSR count). The van der Waals surface area contributed by atoms with Gasteiger partial charge in [0.05, 0.1) is 4.83 Å². The van der Waals surface area contributed by atoms with Gasteiger partial charge in [0.25, 0.3) is 0 Å². The first-order valence-electron chi connectivity index (χ1n) is 3.64. The van der Waals surface area contributed by atoms with Crippen LogP contribution in [-0.4, -0.2) is 10.2 Å². The quantitative estimate of drug-likeness (QED) is 0.709. The van der Waals surface area contributed by atoms with Gasteiger partial charge in [0.1, 0.15) is 0 Å². The summed E-state index contributed by atoms with van der Waals surface area (Å²) in [5, 5.41) is 0.942. The van der Waals surface area contributed by atoms with E-state index in [-0.39, 0.29) is 0 Å². The van der Waals surface area contributed by atoms with Crippen LogP contribution in [-0.2, 0) is 0 Å². The van der Waals surface area contributed by atoms with Gasteiger partial charge in [-0.3, -0.25) is 0 Å². The van der Waals surface area contributed by atoms with Gasteiger partial charge in [-0.15, -0.1) is 0 Å². The molecule has 0 spiro atoms. The van der Waals surface area contributed by atoms with E-state index in [0.717, 1.165) is 5.33 Å². The molecular formula is C9H9Br3. The lowest BCUT2D eigenvalue weighted by molar-refractivity contribution is 0.965. The second-order valence-corrected chi connectivity index (χ2v) is 5.29. The summed E-state index contributed by atoms with van der Waals surface area (Å²) in [5.41, 5.74) is 1.30. The highest BCUT2D eigenvalue weighted by Crippen LogP contribution is 2.31. The van der Waals surface area contributed by atoms with Crippen molar-refractivity contribution in [1.29, 1.82) is 0 Å². The fourth-order valence-electron chi connectivity index (χ4n) is 0.924. The smallest absolute Gasteiger partial charge is 0.0528 e. The number of rotatable bonds is 3. The number of hydrogen-bond acceptors (Lipinski definition) is 0. The summed E-state index contributed by atoms with van der Waals surface area (Å²) in [6.45, 7) is 0. The van der Waals surface area contributed by atoms with E-state index in [1.165, 1.54) is 5.56 Å². The first-order chi connectivity index (χ1) is 5.75. The molecule has 1 aromatic rings. The van der Waals surface area contributed by atoms with E-state index in [0.29, 0.717) is 9.65 Å². The fraction of sp³-hybridized carbons (Fsp3) is 0.333. The van der Waals surface area contributed by atoms with Gasteiger partial charge in [0, 0.05) is 10.2 Å². The topological polar surface area (TPSA) is 0 Å². The van der Waals surface area contributed by atoms with E-state index >= 15 is 0 Å². The van der Waals surface area contributed by atoms with E-state index in [2.05, 4.69) is 72.1 Å². The Morgan fingerprint density at radius 1 is 1.08 bits per heavy atom. The van der Waals surface area contributed by atoms with Gasteiger partial charge in [0.15, 0.2) is 0 Å². The minimum absolute atomic E-state index is 0.373. The lowest BCUT2D eigenvalue weighted by Gasteiger charge is -2.14. The number of benzene rings is 1. The van der Waals surface area contributed by atoms with Crippen LogP contribution in [0.3, 0.4) is 0 Å². The lowest BCUT2D eigenvalue weighted by Crippen LogP contribution is -2.07. The molecule has 0 fully saturated rings. The third-order valence-corrected chi connectivity index (χ3v) is 5.88. The SMILES string of the molecule is BrC[C@@H](Br)[C@H](Br)c1ccccc1. The van der Waals surface area contributed by atoms with E-state index in [1.807, 2.05) is 6.07 Å². The summed E-state index contributed by atoms with van der Waals surface area (Å²) >= 11 is 10.7. The van der Waals surface area contributed by atoms with Crippen molar-refractivity contribution in [2.75, 3.05) is 5.33 Å². The van der Waals surface area contributed by atoms with Crippen LogP contribution in [0.25, 0.3) is 0 Å². The summed E-state index contributed by atoms with van der Waals surface area (Å²) in [7, 11) is 0. The molecule has 0 radical (unpaired) electrons. The highest BCUT2D eigenvalue weighted by Gasteiger charge is 2.15. The molecule has 0 N–H and O–H groups in total. The first-order valence-corrected chi connectivity index (χ1v) is 6.60. The molecule has 3 heteroatoms. The molecule has 66 valence electrons. The summed E-state index contributed by atoms with van der Waals surface area (Å²) in [4.78, 5) is 0.804. The molecule has 2 atom stereocenters. The number of alkyl halides is 3. The van der Waals surface area contributed by atoms with Crippen LogP contribution in [0.15, 0.2) is 30.3 Å². The molecule has 0 aromatic heterocycles. The van der Waals surface area contributed by atoms with Gasteiger partial charge in [-0.1, -0.05) is 78.1 Å². The molecule has 0 amide bonds. The zero-order chi connectivity index (χ0) is 8.97. The largest absolute Gasteiger partial charge is 0.0915 e. The van der Waals surface area contributed by atoms with Gasteiger partial charge >= 0.3 is 0 Å². The maximum atomic E-state index is 3.63. The molecule has 0 heterocycles. The Labute approximate surface area is 98.1 Å². The van der Waals surface area contributed by atoms with Crippen molar-refractivity contribution in [2.45, 2.75) is 9.65 Å². The average Bonchev–Trinajstić information content (AvgIpc) is 2.17. The normalized spacial score (nSPS) is 15.6. The van der Waals surface area contributed by atoms with Crippen molar-refractivity contribution in [3.63, 3.8) is 0 Å². The summed E-state index contributed by atoms with van der Waals surface area (Å²) in [5.74, 6) is 0. The molecule has 0 aliphatic heterocycles. The van der Waals surface area contributed by atoms with Crippen molar-refractivity contribution in [2.24, 2.45) is 0 Å². The standard InChI is InChI=1S/C9H9Br3/c10-6-8(11)9(12)7-4-2-1-3-5-7/h1-5,8-9H,6H2/t8-,9-/m1/s1. The zero-order valence-corrected chi connectivity index (χ0v) is 11.1. The third-order valence-electron chi connectivity index (χ3n) is 1.58. The van der Waals surface area contributed by atoms with Crippen LogP contribution >= 0.6 is 47.8 Å². The van der Waals surface area contributed by atoms with Crippen molar-refractivity contribution < 1.29 is 0 Å². The van der Waals surface area contributed by atoms with Crippen LogP contribution in [0.5, 0.6) is 0 Å². The van der Waals surface area contributed by atoms with Crippen LogP contribution in [0.4, 0.5) is 0 Å². The highest BCUT2D eigenvalue weighted by molar-refractivity contribution is 9.13. The van der Waals surface area contributed by atoms with Gasteiger partial charge < -0.3 is 0 Å². The Balaban J connectivity index is 2.71. The van der Waals surface area contributed by atoms with Crippen molar-refractivity contribution in [1.82, 2.24) is 0 Å². The second kappa shape index (κ2) is 5.40. The number of halogens is 3. The van der Waals surface area contributed by atoms with Crippen molar-refractivity contribution >= 4 is 47.8 Å². The van der Waals surface area contributed by atoms with Gasteiger partial charge in [-0.2, -0.15) is 0 Å². The van der Waals surface area contributed by atoms with E-state index in [1.54, 1.807) is 0 Å². The van der Waals surface area contributed by atoms with Crippen LogP contribution in [0.1, 0.15) is 10.4 Å². The first kappa shape index (κ1) is 10.7.